The third-order valence-electron chi connectivity index (χ3n) is 3.43. The highest BCUT2D eigenvalue weighted by Crippen LogP contribution is 2.16. The molecule has 0 unspecified atom stereocenters. The SMILES string of the molecule is CC(C)Oc1cccc(/C=N/Nc2nc(-c3ccccc3)cc(=O)[nH]2)c1. The second-order valence-corrected chi connectivity index (χ2v) is 5.95. The van der Waals surface area contributed by atoms with Crippen LogP contribution in [-0.2, 0) is 0 Å². The van der Waals surface area contributed by atoms with E-state index < -0.39 is 0 Å². The fourth-order valence-corrected chi connectivity index (χ4v) is 2.38. The number of aromatic nitrogens is 2. The van der Waals surface area contributed by atoms with E-state index >= 15 is 0 Å². The molecule has 132 valence electrons. The molecule has 2 aromatic carbocycles. The summed E-state index contributed by atoms with van der Waals surface area (Å²) in [5.74, 6) is 1.06. The van der Waals surface area contributed by atoms with E-state index in [1.165, 1.54) is 6.07 Å². The van der Waals surface area contributed by atoms with Crippen molar-refractivity contribution < 1.29 is 4.74 Å². The molecule has 0 fully saturated rings. The van der Waals surface area contributed by atoms with E-state index in [0.717, 1.165) is 16.9 Å². The lowest BCUT2D eigenvalue weighted by Gasteiger charge is -2.09. The summed E-state index contributed by atoms with van der Waals surface area (Å²) in [6, 6.07) is 18.6. The Hall–Kier alpha value is -3.41. The van der Waals surface area contributed by atoms with Gasteiger partial charge < -0.3 is 4.74 Å². The summed E-state index contributed by atoms with van der Waals surface area (Å²) in [5, 5.41) is 4.14. The quantitative estimate of drug-likeness (QED) is 0.526. The normalized spacial score (nSPS) is 11.0. The number of nitrogens with zero attached hydrogens (tertiary/aromatic N) is 2. The maximum atomic E-state index is 11.9. The highest BCUT2D eigenvalue weighted by Gasteiger charge is 2.03. The van der Waals surface area contributed by atoms with Crippen LogP contribution in [0.3, 0.4) is 0 Å². The van der Waals surface area contributed by atoms with Crippen LogP contribution in [0.1, 0.15) is 19.4 Å². The lowest BCUT2D eigenvalue weighted by molar-refractivity contribution is 0.242. The molecule has 0 bridgehead atoms. The molecule has 3 aromatic rings. The molecule has 1 heterocycles. The largest absolute Gasteiger partial charge is 0.491 e. The molecular weight excluding hydrogens is 328 g/mol. The molecule has 0 saturated heterocycles. The molecule has 0 amide bonds. The molecule has 0 spiro atoms. The van der Waals surface area contributed by atoms with Gasteiger partial charge in [0.2, 0.25) is 5.95 Å². The first-order valence-electron chi connectivity index (χ1n) is 8.33. The van der Waals surface area contributed by atoms with Gasteiger partial charge in [0.25, 0.3) is 5.56 Å². The van der Waals surface area contributed by atoms with Gasteiger partial charge in [0.1, 0.15) is 5.75 Å². The number of aromatic amines is 1. The van der Waals surface area contributed by atoms with Crippen LogP contribution in [0.4, 0.5) is 5.95 Å². The van der Waals surface area contributed by atoms with E-state index in [1.807, 2.05) is 68.4 Å². The van der Waals surface area contributed by atoms with Gasteiger partial charge in [0.05, 0.1) is 18.0 Å². The molecule has 0 aliphatic heterocycles. The molecule has 6 heteroatoms. The first-order valence-corrected chi connectivity index (χ1v) is 8.33. The summed E-state index contributed by atoms with van der Waals surface area (Å²) < 4.78 is 5.66. The van der Waals surface area contributed by atoms with Crippen LogP contribution >= 0.6 is 0 Å². The summed E-state index contributed by atoms with van der Waals surface area (Å²) >= 11 is 0. The van der Waals surface area contributed by atoms with E-state index in [1.54, 1.807) is 6.21 Å². The Bertz CT molecular complexity index is 949. The van der Waals surface area contributed by atoms with Crippen molar-refractivity contribution in [2.75, 3.05) is 5.43 Å². The second kappa shape index (κ2) is 8.11. The summed E-state index contributed by atoms with van der Waals surface area (Å²) in [6.07, 6.45) is 1.75. The molecule has 0 atom stereocenters. The van der Waals surface area contributed by atoms with Crippen molar-refractivity contribution in [1.29, 1.82) is 0 Å². The number of ether oxygens (including phenoxy) is 1. The van der Waals surface area contributed by atoms with Crippen LogP contribution in [0, 0.1) is 0 Å². The minimum atomic E-state index is -0.246. The van der Waals surface area contributed by atoms with Crippen molar-refractivity contribution in [2.24, 2.45) is 5.10 Å². The van der Waals surface area contributed by atoms with Crippen molar-refractivity contribution in [2.45, 2.75) is 20.0 Å². The molecule has 2 N–H and O–H groups in total. The van der Waals surface area contributed by atoms with E-state index in [0.29, 0.717) is 5.69 Å². The number of anilines is 1. The monoisotopic (exact) mass is 348 g/mol. The number of hydrogen-bond acceptors (Lipinski definition) is 5. The van der Waals surface area contributed by atoms with Gasteiger partial charge in [0, 0.05) is 11.6 Å². The molecule has 0 aliphatic rings. The Morgan fingerprint density at radius 2 is 1.92 bits per heavy atom. The average molecular weight is 348 g/mol. The topological polar surface area (TPSA) is 79.4 Å². The Morgan fingerprint density at radius 1 is 1.12 bits per heavy atom. The standard InChI is InChI=1S/C20H20N4O2/c1-14(2)26-17-10-6-7-15(11-17)13-21-24-20-22-18(12-19(25)23-20)16-8-4-3-5-9-16/h3-14H,1-2H3,(H2,22,23,24,25)/b21-13+. The van der Waals surface area contributed by atoms with Gasteiger partial charge in [0.15, 0.2) is 0 Å². The van der Waals surface area contributed by atoms with Crippen LogP contribution in [-0.4, -0.2) is 22.3 Å². The molecule has 26 heavy (non-hydrogen) atoms. The van der Waals surface area contributed by atoms with Crippen molar-refractivity contribution >= 4 is 12.2 Å². The highest BCUT2D eigenvalue weighted by molar-refractivity contribution is 5.80. The number of hydrazone groups is 1. The Labute approximate surface area is 151 Å². The average Bonchev–Trinajstić information content (AvgIpc) is 2.62. The second-order valence-electron chi connectivity index (χ2n) is 5.95. The Morgan fingerprint density at radius 3 is 2.69 bits per heavy atom. The van der Waals surface area contributed by atoms with Crippen LogP contribution < -0.4 is 15.7 Å². The van der Waals surface area contributed by atoms with Crippen molar-refractivity contribution in [3.63, 3.8) is 0 Å². The zero-order chi connectivity index (χ0) is 18.4. The third kappa shape index (κ3) is 4.80. The van der Waals surface area contributed by atoms with E-state index in [-0.39, 0.29) is 17.6 Å². The lowest BCUT2D eigenvalue weighted by atomic mass is 10.1. The molecular formula is C20H20N4O2. The first-order chi connectivity index (χ1) is 12.6. The molecule has 1 aromatic heterocycles. The molecule has 0 aliphatic carbocycles. The fraction of sp³-hybridized carbons (Fsp3) is 0.150. The number of H-pyrrole nitrogens is 1. The predicted molar refractivity (Wildman–Crippen MR) is 104 cm³/mol. The minimum absolute atomic E-state index is 0.107. The van der Waals surface area contributed by atoms with Gasteiger partial charge in [-0.15, -0.1) is 0 Å². The number of benzene rings is 2. The summed E-state index contributed by atoms with van der Waals surface area (Å²) in [4.78, 5) is 18.9. The van der Waals surface area contributed by atoms with Crippen LogP contribution in [0.15, 0.2) is 70.6 Å². The van der Waals surface area contributed by atoms with Crippen molar-refractivity contribution in [1.82, 2.24) is 9.97 Å². The highest BCUT2D eigenvalue weighted by atomic mass is 16.5. The van der Waals surface area contributed by atoms with Gasteiger partial charge in [-0.1, -0.05) is 42.5 Å². The third-order valence-corrected chi connectivity index (χ3v) is 3.43. The zero-order valence-corrected chi connectivity index (χ0v) is 14.6. The van der Waals surface area contributed by atoms with Gasteiger partial charge in [-0.3, -0.25) is 9.78 Å². The molecule has 3 rings (SSSR count). The summed E-state index contributed by atoms with van der Waals surface area (Å²) in [6.45, 7) is 3.95. The van der Waals surface area contributed by atoms with E-state index in [9.17, 15) is 4.79 Å². The smallest absolute Gasteiger partial charge is 0.252 e. The summed E-state index contributed by atoms with van der Waals surface area (Å²) in [7, 11) is 0. The van der Waals surface area contributed by atoms with E-state index in [2.05, 4.69) is 20.5 Å². The lowest BCUT2D eigenvalue weighted by Crippen LogP contribution is -2.10. The Kier molecular flexibility index (Phi) is 5.43. The number of rotatable bonds is 6. The molecule has 6 nitrogen and oxygen atoms in total. The maximum absolute atomic E-state index is 11.9. The molecule has 0 saturated carbocycles. The maximum Gasteiger partial charge on any atom is 0.252 e. The zero-order valence-electron chi connectivity index (χ0n) is 14.6. The Balaban J connectivity index is 1.75. The number of nitrogens with one attached hydrogen (secondary N) is 2. The van der Waals surface area contributed by atoms with Crippen LogP contribution in [0.2, 0.25) is 0 Å². The number of hydrogen-bond donors (Lipinski definition) is 2. The van der Waals surface area contributed by atoms with Gasteiger partial charge in [-0.25, -0.2) is 10.4 Å². The van der Waals surface area contributed by atoms with Gasteiger partial charge >= 0.3 is 0 Å². The van der Waals surface area contributed by atoms with E-state index in [4.69, 9.17) is 4.74 Å². The summed E-state index contributed by atoms with van der Waals surface area (Å²) in [5.41, 5.74) is 4.84. The predicted octanol–water partition coefficient (Wildman–Crippen LogP) is 3.67. The first kappa shape index (κ1) is 17.4. The van der Waals surface area contributed by atoms with Crippen molar-refractivity contribution in [3.8, 4) is 17.0 Å². The van der Waals surface area contributed by atoms with Crippen LogP contribution in [0.25, 0.3) is 11.3 Å². The minimum Gasteiger partial charge on any atom is -0.491 e. The van der Waals surface area contributed by atoms with Gasteiger partial charge in [-0.2, -0.15) is 5.10 Å². The molecule has 0 radical (unpaired) electrons. The fourth-order valence-electron chi connectivity index (χ4n) is 2.38. The van der Waals surface area contributed by atoms with Crippen LogP contribution in [0.5, 0.6) is 5.75 Å². The van der Waals surface area contributed by atoms with Crippen molar-refractivity contribution in [3.05, 3.63) is 76.6 Å². The van der Waals surface area contributed by atoms with Gasteiger partial charge in [-0.05, 0) is 31.5 Å².